The van der Waals surface area contributed by atoms with Crippen LogP contribution in [0.3, 0.4) is 0 Å². The van der Waals surface area contributed by atoms with Crippen molar-refractivity contribution in [2.45, 2.75) is 38.6 Å². The molecule has 1 unspecified atom stereocenters. The maximum atomic E-state index is 11.5. The van der Waals surface area contributed by atoms with Crippen LogP contribution in [0.15, 0.2) is 0 Å². The second-order valence-corrected chi connectivity index (χ2v) is 3.87. The molecule has 0 heterocycles. The summed E-state index contributed by atoms with van der Waals surface area (Å²) < 4.78 is 9.49. The molecule has 0 aliphatic carbocycles. The lowest BCUT2D eigenvalue weighted by atomic mass is 10.1. The number of carbonyl (C=O) groups excluding carboxylic acids is 2. The molecular weight excluding hydrogens is 254 g/mol. The Balaban J connectivity index is 4.01. The summed E-state index contributed by atoms with van der Waals surface area (Å²) in [5.74, 6) is -2.03. The van der Waals surface area contributed by atoms with Gasteiger partial charge in [-0.15, -0.1) is 0 Å². The highest BCUT2D eigenvalue weighted by Crippen LogP contribution is 2.01. The molecule has 110 valence electrons. The quantitative estimate of drug-likeness (QED) is 0.440. The van der Waals surface area contributed by atoms with Gasteiger partial charge >= 0.3 is 11.9 Å². The van der Waals surface area contributed by atoms with Crippen LogP contribution in [0.5, 0.6) is 0 Å². The zero-order valence-corrected chi connectivity index (χ0v) is 11.3. The highest BCUT2D eigenvalue weighted by Gasteiger charge is 2.20. The Morgan fingerprint density at radius 1 is 1.26 bits per heavy atom. The van der Waals surface area contributed by atoms with Gasteiger partial charge in [-0.2, -0.15) is 0 Å². The van der Waals surface area contributed by atoms with Gasteiger partial charge in [0.25, 0.3) is 0 Å². The van der Waals surface area contributed by atoms with Gasteiger partial charge in [0.1, 0.15) is 6.04 Å². The van der Waals surface area contributed by atoms with Crippen LogP contribution in [0.4, 0.5) is 0 Å². The molecule has 7 heteroatoms. The van der Waals surface area contributed by atoms with Gasteiger partial charge in [0.2, 0.25) is 5.91 Å². The zero-order valence-electron chi connectivity index (χ0n) is 11.3. The van der Waals surface area contributed by atoms with Crippen LogP contribution in [0.1, 0.15) is 32.6 Å². The third-order valence-electron chi connectivity index (χ3n) is 2.39. The molecule has 0 saturated heterocycles. The molecule has 0 aliphatic heterocycles. The summed E-state index contributed by atoms with van der Waals surface area (Å²) in [6.07, 6.45) is 0.691. The van der Waals surface area contributed by atoms with Crippen molar-refractivity contribution in [2.75, 3.05) is 20.3 Å². The van der Waals surface area contributed by atoms with Crippen molar-refractivity contribution < 1.29 is 29.0 Å². The molecule has 2 N–H and O–H groups in total. The molecule has 0 rings (SSSR count). The number of carboxylic acids is 1. The van der Waals surface area contributed by atoms with Crippen LogP contribution in [0.25, 0.3) is 0 Å². The number of nitrogens with one attached hydrogen (secondary N) is 1. The first-order valence-corrected chi connectivity index (χ1v) is 6.18. The van der Waals surface area contributed by atoms with Crippen molar-refractivity contribution in [1.82, 2.24) is 5.32 Å². The van der Waals surface area contributed by atoms with Gasteiger partial charge in [-0.05, 0) is 19.8 Å². The number of carbonyl (C=O) groups is 3. The first-order valence-electron chi connectivity index (χ1n) is 6.18. The van der Waals surface area contributed by atoms with E-state index in [2.05, 4.69) is 10.1 Å². The minimum atomic E-state index is -1.16. The van der Waals surface area contributed by atoms with E-state index in [4.69, 9.17) is 9.84 Å². The summed E-state index contributed by atoms with van der Waals surface area (Å²) in [4.78, 5) is 33.3. The predicted octanol–water partition coefficient (Wildman–Crippen LogP) is 0.326. The Morgan fingerprint density at radius 3 is 2.47 bits per heavy atom. The number of amides is 1. The number of rotatable bonds is 10. The SMILES string of the molecule is CCOCCCC(=O)NC(CCC(=O)OC)C(=O)O. The zero-order chi connectivity index (χ0) is 14.7. The molecular formula is C12H21NO6. The predicted molar refractivity (Wildman–Crippen MR) is 66.5 cm³/mol. The van der Waals surface area contributed by atoms with Gasteiger partial charge in [-0.25, -0.2) is 4.79 Å². The van der Waals surface area contributed by atoms with E-state index < -0.39 is 18.0 Å². The number of methoxy groups -OCH3 is 1. The van der Waals surface area contributed by atoms with Gasteiger partial charge in [0, 0.05) is 26.1 Å². The first-order chi connectivity index (χ1) is 9.01. The molecule has 0 saturated carbocycles. The van der Waals surface area contributed by atoms with E-state index in [1.165, 1.54) is 7.11 Å². The molecule has 0 aromatic carbocycles. The largest absolute Gasteiger partial charge is 0.480 e. The minimum absolute atomic E-state index is 0.0131. The molecule has 0 aliphatic rings. The van der Waals surface area contributed by atoms with Gasteiger partial charge in [0.05, 0.1) is 7.11 Å². The number of ether oxygens (including phenoxy) is 2. The molecule has 7 nitrogen and oxygen atoms in total. The van der Waals surface area contributed by atoms with Gasteiger partial charge in [0.15, 0.2) is 0 Å². The fourth-order valence-electron chi connectivity index (χ4n) is 1.37. The second-order valence-electron chi connectivity index (χ2n) is 3.87. The summed E-state index contributed by atoms with van der Waals surface area (Å²) in [6.45, 7) is 2.90. The Labute approximate surface area is 112 Å². The van der Waals surface area contributed by atoms with Crippen molar-refractivity contribution >= 4 is 17.8 Å². The van der Waals surface area contributed by atoms with Crippen LogP contribution in [-0.4, -0.2) is 49.3 Å². The van der Waals surface area contributed by atoms with Crippen LogP contribution in [0, 0.1) is 0 Å². The van der Waals surface area contributed by atoms with Gasteiger partial charge in [-0.1, -0.05) is 0 Å². The molecule has 1 amide bonds. The van der Waals surface area contributed by atoms with Gasteiger partial charge in [-0.3, -0.25) is 9.59 Å². The second kappa shape index (κ2) is 10.3. The molecule has 0 bridgehead atoms. The molecule has 0 spiro atoms. The lowest BCUT2D eigenvalue weighted by Gasteiger charge is -2.13. The first kappa shape index (κ1) is 17.4. The molecule has 19 heavy (non-hydrogen) atoms. The topological polar surface area (TPSA) is 102 Å². The Hall–Kier alpha value is -1.63. The van der Waals surface area contributed by atoms with Crippen molar-refractivity contribution in [1.29, 1.82) is 0 Å². The van der Waals surface area contributed by atoms with Gasteiger partial charge < -0.3 is 19.9 Å². The summed E-state index contributed by atoms with van der Waals surface area (Å²) in [5.41, 5.74) is 0. The van der Waals surface area contributed by atoms with E-state index in [-0.39, 0.29) is 25.2 Å². The molecule has 0 radical (unpaired) electrons. The van der Waals surface area contributed by atoms with E-state index in [1.807, 2.05) is 6.92 Å². The highest BCUT2D eigenvalue weighted by atomic mass is 16.5. The van der Waals surface area contributed by atoms with E-state index in [0.29, 0.717) is 19.6 Å². The lowest BCUT2D eigenvalue weighted by molar-refractivity contribution is -0.144. The van der Waals surface area contributed by atoms with Crippen molar-refractivity contribution in [3.05, 3.63) is 0 Å². The maximum absolute atomic E-state index is 11.5. The molecule has 0 aromatic rings. The Morgan fingerprint density at radius 2 is 1.95 bits per heavy atom. The fourth-order valence-corrected chi connectivity index (χ4v) is 1.37. The van der Waals surface area contributed by atoms with Crippen molar-refractivity contribution in [2.24, 2.45) is 0 Å². The maximum Gasteiger partial charge on any atom is 0.326 e. The average molecular weight is 275 g/mol. The summed E-state index contributed by atoms with van der Waals surface area (Å²) in [5, 5.41) is 11.3. The molecule has 0 fully saturated rings. The van der Waals surface area contributed by atoms with Crippen molar-refractivity contribution in [3.8, 4) is 0 Å². The number of hydrogen-bond donors (Lipinski definition) is 2. The Bertz CT molecular complexity index is 305. The number of aliphatic carboxylic acids is 1. The summed E-state index contributed by atoms with van der Waals surface area (Å²) >= 11 is 0. The smallest absolute Gasteiger partial charge is 0.326 e. The molecule has 0 aromatic heterocycles. The van der Waals surface area contributed by atoms with Crippen LogP contribution in [-0.2, 0) is 23.9 Å². The van der Waals surface area contributed by atoms with Crippen LogP contribution in [0.2, 0.25) is 0 Å². The van der Waals surface area contributed by atoms with E-state index in [1.54, 1.807) is 0 Å². The monoisotopic (exact) mass is 275 g/mol. The lowest BCUT2D eigenvalue weighted by Crippen LogP contribution is -2.41. The minimum Gasteiger partial charge on any atom is -0.480 e. The van der Waals surface area contributed by atoms with E-state index in [0.717, 1.165) is 0 Å². The van der Waals surface area contributed by atoms with E-state index in [9.17, 15) is 14.4 Å². The van der Waals surface area contributed by atoms with E-state index >= 15 is 0 Å². The highest BCUT2D eigenvalue weighted by molar-refractivity contribution is 5.83. The average Bonchev–Trinajstić information content (AvgIpc) is 2.38. The summed E-state index contributed by atoms with van der Waals surface area (Å²) in [6, 6.07) is -1.07. The third-order valence-corrected chi connectivity index (χ3v) is 2.39. The third kappa shape index (κ3) is 9.01. The normalized spacial score (nSPS) is 11.7. The fraction of sp³-hybridized carbons (Fsp3) is 0.750. The number of esters is 1. The number of hydrogen-bond acceptors (Lipinski definition) is 5. The molecule has 1 atom stereocenters. The standard InChI is InChI=1S/C12H21NO6/c1-3-19-8-4-5-10(14)13-9(12(16)17)6-7-11(15)18-2/h9H,3-8H2,1-2H3,(H,13,14)(H,16,17). The Kier molecular flexibility index (Phi) is 9.42. The number of carboxylic acid groups (broad SMARTS) is 1. The van der Waals surface area contributed by atoms with Crippen LogP contribution < -0.4 is 5.32 Å². The van der Waals surface area contributed by atoms with Crippen LogP contribution >= 0.6 is 0 Å². The summed E-state index contributed by atoms with van der Waals surface area (Å²) in [7, 11) is 1.23. The van der Waals surface area contributed by atoms with Crippen molar-refractivity contribution in [3.63, 3.8) is 0 Å².